The van der Waals surface area contributed by atoms with E-state index in [1.807, 2.05) is 48.7 Å². The van der Waals surface area contributed by atoms with Gasteiger partial charge in [-0.15, -0.1) is 0 Å². The average molecular weight is 332 g/mol. The maximum Gasteiger partial charge on any atom is 0.275 e. The van der Waals surface area contributed by atoms with E-state index in [1.54, 1.807) is 16.7 Å². The Morgan fingerprint density at radius 2 is 1.83 bits per heavy atom. The fraction of sp³-hybridized carbons (Fsp3) is 0.188. The Morgan fingerprint density at radius 1 is 1.04 bits per heavy atom. The monoisotopic (exact) mass is 332 g/mol. The molecule has 0 saturated heterocycles. The first-order valence-electron chi connectivity index (χ1n) is 7.04. The lowest BCUT2D eigenvalue weighted by Crippen LogP contribution is -2.12. The minimum absolute atomic E-state index is 0.288. The quantitative estimate of drug-likeness (QED) is 0.377. The van der Waals surface area contributed by atoms with Crippen LogP contribution in [0.15, 0.2) is 60.9 Å². The lowest BCUT2D eigenvalue weighted by atomic mass is 10.2. The first-order chi connectivity index (χ1) is 11.1. The van der Waals surface area contributed by atoms with Crippen molar-refractivity contribution in [2.24, 2.45) is 0 Å². The van der Waals surface area contributed by atoms with Crippen LogP contribution in [0.2, 0.25) is 0 Å². The highest BCUT2D eigenvalue weighted by Crippen LogP contribution is 2.10. The smallest absolute Gasteiger partial charge is 0.275 e. The Balaban J connectivity index is 1.52. The van der Waals surface area contributed by atoms with E-state index in [9.17, 15) is 8.42 Å². The molecule has 6 nitrogen and oxygen atoms in total. The number of hydrogen-bond acceptors (Lipinski definition) is 5. The number of rotatable bonds is 7. The number of nitrogens with zero attached hydrogens (tertiary/aromatic N) is 2. The fourth-order valence-electron chi connectivity index (χ4n) is 2.12. The summed E-state index contributed by atoms with van der Waals surface area (Å²) in [6, 6.07) is 15.0. The van der Waals surface area contributed by atoms with Crippen LogP contribution in [0.3, 0.4) is 0 Å². The predicted octanol–water partition coefficient (Wildman–Crippen LogP) is 2.36. The number of benzene rings is 1. The van der Waals surface area contributed by atoms with Crippen LogP contribution in [0.5, 0.6) is 0 Å². The SMILES string of the molecule is O=S(=O)(Cc1cn2ccccc2n1)OCOCc1ccccc1. The highest BCUT2D eigenvalue weighted by atomic mass is 32.2. The van der Waals surface area contributed by atoms with Gasteiger partial charge in [-0.25, -0.2) is 9.17 Å². The molecule has 1 aromatic carbocycles. The predicted molar refractivity (Wildman–Crippen MR) is 85.0 cm³/mol. The molecule has 2 aromatic heterocycles. The zero-order chi connectivity index (χ0) is 16.1. The van der Waals surface area contributed by atoms with E-state index < -0.39 is 10.1 Å². The van der Waals surface area contributed by atoms with Crippen molar-refractivity contribution in [1.29, 1.82) is 0 Å². The van der Waals surface area contributed by atoms with Crippen LogP contribution in [-0.2, 0) is 31.4 Å². The van der Waals surface area contributed by atoms with Gasteiger partial charge in [0.15, 0.2) is 6.79 Å². The highest BCUT2D eigenvalue weighted by molar-refractivity contribution is 7.85. The number of ether oxygens (including phenoxy) is 1. The minimum atomic E-state index is -3.74. The molecule has 0 spiro atoms. The lowest BCUT2D eigenvalue weighted by Gasteiger charge is -2.05. The summed E-state index contributed by atoms with van der Waals surface area (Å²) in [5.74, 6) is -0.288. The van der Waals surface area contributed by atoms with Crippen LogP contribution in [0.4, 0.5) is 0 Å². The summed E-state index contributed by atoms with van der Waals surface area (Å²) in [5, 5.41) is 0. The highest BCUT2D eigenvalue weighted by Gasteiger charge is 2.15. The van der Waals surface area contributed by atoms with E-state index in [0.717, 1.165) is 5.56 Å². The van der Waals surface area contributed by atoms with Gasteiger partial charge in [0.25, 0.3) is 10.1 Å². The van der Waals surface area contributed by atoms with E-state index in [1.165, 1.54) is 0 Å². The molecule has 0 N–H and O–H groups in total. The first kappa shape index (κ1) is 15.7. The van der Waals surface area contributed by atoms with Gasteiger partial charge < -0.3 is 9.14 Å². The lowest BCUT2D eigenvalue weighted by molar-refractivity contribution is 0.00891. The molecule has 0 atom stereocenters. The largest absolute Gasteiger partial charge is 0.349 e. The topological polar surface area (TPSA) is 69.9 Å². The summed E-state index contributed by atoms with van der Waals surface area (Å²) < 4.78 is 35.7. The van der Waals surface area contributed by atoms with Crippen LogP contribution in [0, 0.1) is 0 Å². The third-order valence-corrected chi connectivity index (χ3v) is 4.27. The van der Waals surface area contributed by atoms with E-state index in [4.69, 9.17) is 8.92 Å². The van der Waals surface area contributed by atoms with Crippen LogP contribution in [0.1, 0.15) is 11.3 Å². The molecule has 0 saturated carbocycles. The van der Waals surface area contributed by atoms with E-state index in [-0.39, 0.29) is 12.5 Å². The molecule has 0 amide bonds. The zero-order valence-corrected chi connectivity index (χ0v) is 13.1. The Morgan fingerprint density at radius 3 is 2.61 bits per heavy atom. The second-order valence-corrected chi connectivity index (χ2v) is 6.61. The average Bonchev–Trinajstić information content (AvgIpc) is 2.94. The van der Waals surface area contributed by atoms with E-state index in [2.05, 4.69) is 4.98 Å². The molecule has 23 heavy (non-hydrogen) atoms. The van der Waals surface area contributed by atoms with Gasteiger partial charge in [-0.3, -0.25) is 0 Å². The molecule has 3 aromatic rings. The summed E-state index contributed by atoms with van der Waals surface area (Å²) in [4.78, 5) is 4.24. The molecular weight excluding hydrogens is 316 g/mol. The molecule has 2 heterocycles. The van der Waals surface area contributed by atoms with Gasteiger partial charge in [0.2, 0.25) is 0 Å². The summed E-state index contributed by atoms with van der Waals surface area (Å²) in [7, 11) is -3.74. The van der Waals surface area contributed by atoms with Gasteiger partial charge in [0.1, 0.15) is 11.4 Å². The molecule has 7 heteroatoms. The van der Waals surface area contributed by atoms with Crippen molar-refractivity contribution < 1.29 is 17.3 Å². The normalized spacial score (nSPS) is 11.8. The second-order valence-electron chi connectivity index (χ2n) is 4.97. The van der Waals surface area contributed by atoms with Gasteiger partial charge in [0, 0.05) is 12.4 Å². The second kappa shape index (κ2) is 6.91. The summed E-state index contributed by atoms with van der Waals surface area (Å²) in [6.07, 6.45) is 3.48. The van der Waals surface area contributed by atoms with Crippen molar-refractivity contribution in [2.75, 3.05) is 6.79 Å². The maximum atomic E-state index is 11.9. The summed E-state index contributed by atoms with van der Waals surface area (Å²) >= 11 is 0. The molecule has 0 aliphatic rings. The standard InChI is InChI=1S/C16H16N2O4S/c19-23(20,22-13-21-11-14-6-2-1-3-7-14)12-15-10-18-9-5-4-8-16(18)17-15/h1-10H,11-13H2. The van der Waals surface area contributed by atoms with Gasteiger partial charge in [-0.05, 0) is 17.7 Å². The molecule has 0 aliphatic heterocycles. The third-order valence-electron chi connectivity index (χ3n) is 3.16. The first-order valence-corrected chi connectivity index (χ1v) is 8.61. The molecule has 120 valence electrons. The Labute approximate surface area is 134 Å². The van der Waals surface area contributed by atoms with Crippen LogP contribution < -0.4 is 0 Å². The van der Waals surface area contributed by atoms with Crippen molar-refractivity contribution in [3.05, 3.63) is 72.2 Å². The Hall–Kier alpha value is -2.22. The molecule has 0 unspecified atom stereocenters. The number of pyridine rings is 1. The molecule has 0 radical (unpaired) electrons. The van der Waals surface area contributed by atoms with Crippen LogP contribution >= 0.6 is 0 Å². The van der Waals surface area contributed by atoms with Gasteiger partial charge >= 0.3 is 0 Å². The number of aromatic nitrogens is 2. The minimum Gasteiger partial charge on any atom is -0.349 e. The zero-order valence-electron chi connectivity index (χ0n) is 12.3. The Bertz CT molecular complexity index is 842. The third kappa shape index (κ3) is 4.38. The van der Waals surface area contributed by atoms with Crippen LogP contribution in [-0.4, -0.2) is 24.6 Å². The fourth-order valence-corrected chi connectivity index (χ4v) is 2.92. The molecule has 0 aliphatic carbocycles. The maximum absolute atomic E-state index is 11.9. The van der Waals surface area contributed by atoms with Gasteiger partial charge in [0.05, 0.1) is 12.3 Å². The van der Waals surface area contributed by atoms with Crippen molar-refractivity contribution in [3.8, 4) is 0 Å². The van der Waals surface area contributed by atoms with Gasteiger partial charge in [-0.1, -0.05) is 36.4 Å². The van der Waals surface area contributed by atoms with E-state index in [0.29, 0.717) is 17.9 Å². The van der Waals surface area contributed by atoms with Gasteiger partial charge in [-0.2, -0.15) is 8.42 Å². The van der Waals surface area contributed by atoms with Crippen molar-refractivity contribution in [1.82, 2.24) is 9.38 Å². The van der Waals surface area contributed by atoms with E-state index >= 15 is 0 Å². The molecule has 3 rings (SSSR count). The Kier molecular flexibility index (Phi) is 4.71. The molecule has 0 bridgehead atoms. The molecular formula is C16H16N2O4S. The number of fused-ring (bicyclic) bond motifs is 1. The number of imidazole rings is 1. The number of hydrogen-bond donors (Lipinski definition) is 0. The van der Waals surface area contributed by atoms with Crippen LogP contribution in [0.25, 0.3) is 5.65 Å². The van der Waals surface area contributed by atoms with Crippen molar-refractivity contribution >= 4 is 15.8 Å². The molecule has 0 fully saturated rings. The summed E-state index contributed by atoms with van der Waals surface area (Å²) in [5.41, 5.74) is 2.08. The van der Waals surface area contributed by atoms with Crippen molar-refractivity contribution in [2.45, 2.75) is 12.4 Å². The van der Waals surface area contributed by atoms with Crippen molar-refractivity contribution in [3.63, 3.8) is 0 Å². The summed E-state index contributed by atoms with van der Waals surface area (Å²) in [6.45, 7) is -0.0185.